The van der Waals surface area contributed by atoms with Crippen LogP contribution in [0.2, 0.25) is 0 Å². The largest absolute Gasteiger partial charge is 0.444 e. The molecule has 0 radical (unpaired) electrons. The van der Waals surface area contributed by atoms with Crippen molar-refractivity contribution < 1.29 is 9.53 Å². The van der Waals surface area contributed by atoms with Gasteiger partial charge in [-0.2, -0.15) is 5.10 Å². The van der Waals surface area contributed by atoms with E-state index in [1.165, 1.54) is 0 Å². The molecule has 1 aromatic heterocycles. The van der Waals surface area contributed by atoms with Crippen LogP contribution in [0.25, 0.3) is 10.9 Å². The van der Waals surface area contributed by atoms with Crippen molar-refractivity contribution in [3.63, 3.8) is 0 Å². The summed E-state index contributed by atoms with van der Waals surface area (Å²) in [6.07, 6.45) is 4.74. The summed E-state index contributed by atoms with van der Waals surface area (Å²) in [5, 5.41) is 8.10. The van der Waals surface area contributed by atoms with Crippen LogP contribution < -0.4 is 0 Å². The summed E-state index contributed by atoms with van der Waals surface area (Å²) in [4.78, 5) is 14.4. The maximum Gasteiger partial charge on any atom is 0.410 e. The molecular formula is C17H23N3O2. The Hall–Kier alpha value is -2.04. The highest BCUT2D eigenvalue weighted by atomic mass is 16.6. The van der Waals surface area contributed by atoms with Crippen LogP contribution in [0, 0.1) is 0 Å². The van der Waals surface area contributed by atoms with Gasteiger partial charge in [0.2, 0.25) is 0 Å². The molecule has 5 heteroatoms. The number of ether oxygens (including phenoxy) is 1. The Morgan fingerprint density at radius 2 is 2.18 bits per heavy atom. The van der Waals surface area contributed by atoms with Crippen molar-refractivity contribution >= 4 is 17.0 Å². The molecule has 0 unspecified atom stereocenters. The number of nitrogens with one attached hydrogen (secondary N) is 1. The van der Waals surface area contributed by atoms with Gasteiger partial charge in [0.15, 0.2) is 0 Å². The van der Waals surface area contributed by atoms with E-state index in [0.717, 1.165) is 42.3 Å². The molecule has 2 heterocycles. The molecule has 1 aliphatic heterocycles. The molecule has 5 nitrogen and oxygen atoms in total. The number of piperidine rings is 1. The molecule has 1 saturated heterocycles. The van der Waals surface area contributed by atoms with Gasteiger partial charge in [0, 0.05) is 11.9 Å². The van der Waals surface area contributed by atoms with Crippen LogP contribution in [-0.4, -0.2) is 33.3 Å². The third kappa shape index (κ3) is 3.08. The zero-order valence-corrected chi connectivity index (χ0v) is 13.4. The van der Waals surface area contributed by atoms with E-state index in [1.54, 1.807) is 0 Å². The summed E-state index contributed by atoms with van der Waals surface area (Å²) in [5.41, 5.74) is 1.70. The number of hydrogen-bond donors (Lipinski definition) is 1. The Bertz CT molecular complexity index is 672. The van der Waals surface area contributed by atoms with Gasteiger partial charge in [0.1, 0.15) is 5.60 Å². The molecule has 2 aromatic rings. The SMILES string of the molecule is CC(C)(C)OC(=O)N1CCCC[C@H]1c1ccc2[nH]ncc2c1. The summed E-state index contributed by atoms with van der Waals surface area (Å²) in [7, 11) is 0. The second kappa shape index (κ2) is 5.63. The number of benzene rings is 1. The van der Waals surface area contributed by atoms with E-state index in [4.69, 9.17) is 4.74 Å². The van der Waals surface area contributed by atoms with E-state index in [1.807, 2.05) is 37.9 Å². The van der Waals surface area contributed by atoms with Gasteiger partial charge < -0.3 is 9.64 Å². The van der Waals surface area contributed by atoms with Gasteiger partial charge >= 0.3 is 6.09 Å². The van der Waals surface area contributed by atoms with Crippen LogP contribution in [0.5, 0.6) is 0 Å². The minimum absolute atomic E-state index is 0.0860. The summed E-state index contributed by atoms with van der Waals surface area (Å²) in [5.74, 6) is 0. The fraction of sp³-hybridized carbons (Fsp3) is 0.529. The number of carbonyl (C=O) groups is 1. The normalized spacial score (nSPS) is 19.4. The Labute approximate surface area is 130 Å². The number of nitrogens with zero attached hydrogens (tertiary/aromatic N) is 2. The first kappa shape index (κ1) is 14.9. The number of fused-ring (bicyclic) bond motifs is 1. The van der Waals surface area contributed by atoms with Crippen LogP contribution in [-0.2, 0) is 4.74 Å². The predicted molar refractivity (Wildman–Crippen MR) is 85.6 cm³/mol. The van der Waals surface area contributed by atoms with Crippen LogP contribution >= 0.6 is 0 Å². The number of H-pyrrole nitrogens is 1. The average molecular weight is 301 g/mol. The van der Waals surface area contributed by atoms with Crippen LogP contribution in [0.15, 0.2) is 24.4 Å². The first-order valence-corrected chi connectivity index (χ1v) is 7.87. The number of amides is 1. The molecule has 1 aromatic carbocycles. The Morgan fingerprint density at radius 3 is 2.95 bits per heavy atom. The van der Waals surface area contributed by atoms with Crippen molar-refractivity contribution in [3.05, 3.63) is 30.0 Å². The van der Waals surface area contributed by atoms with E-state index in [2.05, 4.69) is 22.3 Å². The molecule has 1 fully saturated rings. The highest BCUT2D eigenvalue weighted by Gasteiger charge is 2.31. The van der Waals surface area contributed by atoms with Crippen molar-refractivity contribution in [2.45, 2.75) is 51.7 Å². The molecule has 1 atom stereocenters. The number of carbonyl (C=O) groups excluding carboxylic acids is 1. The second-order valence-electron chi connectivity index (χ2n) is 6.90. The first-order chi connectivity index (χ1) is 10.4. The summed E-state index contributed by atoms with van der Waals surface area (Å²) < 4.78 is 5.57. The number of aromatic amines is 1. The van der Waals surface area contributed by atoms with E-state index >= 15 is 0 Å². The van der Waals surface area contributed by atoms with E-state index in [9.17, 15) is 4.79 Å². The van der Waals surface area contributed by atoms with Crippen molar-refractivity contribution in [2.24, 2.45) is 0 Å². The molecule has 1 amide bonds. The van der Waals surface area contributed by atoms with Crippen LogP contribution in [0.1, 0.15) is 51.6 Å². The van der Waals surface area contributed by atoms with Gasteiger partial charge in [0.05, 0.1) is 17.8 Å². The zero-order valence-electron chi connectivity index (χ0n) is 13.4. The maximum absolute atomic E-state index is 12.5. The van der Waals surface area contributed by atoms with Crippen molar-refractivity contribution in [2.75, 3.05) is 6.54 Å². The summed E-state index contributed by atoms with van der Waals surface area (Å²) >= 11 is 0. The maximum atomic E-state index is 12.5. The molecule has 22 heavy (non-hydrogen) atoms. The van der Waals surface area contributed by atoms with Gasteiger partial charge in [-0.1, -0.05) is 6.07 Å². The Kier molecular flexibility index (Phi) is 3.81. The van der Waals surface area contributed by atoms with Gasteiger partial charge in [-0.15, -0.1) is 0 Å². The van der Waals surface area contributed by atoms with Crippen LogP contribution in [0.4, 0.5) is 4.79 Å². The number of rotatable bonds is 1. The van der Waals surface area contributed by atoms with Crippen molar-refractivity contribution in [1.29, 1.82) is 0 Å². The van der Waals surface area contributed by atoms with E-state index in [0.29, 0.717) is 0 Å². The van der Waals surface area contributed by atoms with Gasteiger partial charge in [0.25, 0.3) is 0 Å². The topological polar surface area (TPSA) is 58.2 Å². The summed E-state index contributed by atoms with van der Waals surface area (Å²) in [6, 6.07) is 6.31. The lowest BCUT2D eigenvalue weighted by Gasteiger charge is -2.37. The van der Waals surface area contributed by atoms with Gasteiger partial charge in [-0.25, -0.2) is 4.79 Å². The predicted octanol–water partition coefficient (Wildman–Crippen LogP) is 4.03. The van der Waals surface area contributed by atoms with Gasteiger partial charge in [-0.3, -0.25) is 5.10 Å². The highest BCUT2D eigenvalue weighted by Crippen LogP contribution is 2.33. The van der Waals surface area contributed by atoms with E-state index < -0.39 is 5.60 Å². The van der Waals surface area contributed by atoms with Crippen LogP contribution in [0.3, 0.4) is 0 Å². The smallest absolute Gasteiger partial charge is 0.410 e. The lowest BCUT2D eigenvalue weighted by atomic mass is 9.95. The number of aromatic nitrogens is 2. The molecule has 0 spiro atoms. The molecule has 1 N–H and O–H groups in total. The quantitative estimate of drug-likeness (QED) is 0.865. The zero-order chi connectivity index (χ0) is 15.7. The van der Waals surface area contributed by atoms with Crippen molar-refractivity contribution in [1.82, 2.24) is 15.1 Å². The fourth-order valence-corrected chi connectivity index (χ4v) is 2.99. The molecule has 0 aliphatic carbocycles. The average Bonchev–Trinajstić information content (AvgIpc) is 2.92. The Balaban J connectivity index is 1.86. The Morgan fingerprint density at radius 1 is 1.36 bits per heavy atom. The van der Waals surface area contributed by atoms with Gasteiger partial charge in [-0.05, 0) is 57.7 Å². The molecular weight excluding hydrogens is 278 g/mol. The van der Waals surface area contributed by atoms with E-state index in [-0.39, 0.29) is 12.1 Å². The summed E-state index contributed by atoms with van der Waals surface area (Å²) in [6.45, 7) is 6.47. The third-order valence-electron chi connectivity index (χ3n) is 3.98. The molecule has 0 bridgehead atoms. The third-order valence-corrected chi connectivity index (χ3v) is 3.98. The van der Waals surface area contributed by atoms with Crippen molar-refractivity contribution in [3.8, 4) is 0 Å². The molecule has 1 aliphatic rings. The second-order valence-corrected chi connectivity index (χ2v) is 6.90. The number of hydrogen-bond acceptors (Lipinski definition) is 3. The fourth-order valence-electron chi connectivity index (χ4n) is 2.99. The first-order valence-electron chi connectivity index (χ1n) is 7.87. The molecule has 0 saturated carbocycles. The highest BCUT2D eigenvalue weighted by molar-refractivity contribution is 5.79. The number of likely N-dealkylation sites (tertiary alicyclic amines) is 1. The molecule has 118 valence electrons. The lowest BCUT2D eigenvalue weighted by Crippen LogP contribution is -2.41. The minimum Gasteiger partial charge on any atom is -0.444 e. The standard InChI is InChI=1S/C17H23N3O2/c1-17(2,3)22-16(21)20-9-5-4-6-15(20)12-7-8-14-13(10-12)11-18-19-14/h7-8,10-11,15H,4-6,9H2,1-3H3,(H,18,19)/t15-/m0/s1. The monoisotopic (exact) mass is 301 g/mol. The minimum atomic E-state index is -0.465. The molecule has 3 rings (SSSR count). The lowest BCUT2D eigenvalue weighted by molar-refractivity contribution is 0.00953.